The van der Waals surface area contributed by atoms with Crippen LogP contribution in [0.4, 0.5) is 5.69 Å². The zero-order valence-corrected chi connectivity index (χ0v) is 20.6. The molecule has 1 aromatic heterocycles. The SMILES string of the molecule is C=Cc1c(-c2c(C)ccc3ccccc23)n(-c2ccc(N3CCOCC3)cc2)/c(=C/C=C\C)c1=C. The van der Waals surface area contributed by atoms with Crippen LogP contribution in [0.3, 0.4) is 0 Å². The molecule has 3 nitrogen and oxygen atoms in total. The van der Waals surface area contributed by atoms with Crippen LogP contribution in [-0.4, -0.2) is 30.9 Å². The predicted molar refractivity (Wildman–Crippen MR) is 151 cm³/mol. The Morgan fingerprint density at radius 3 is 2.34 bits per heavy atom. The van der Waals surface area contributed by atoms with Crippen molar-refractivity contribution >= 4 is 35.2 Å². The molecule has 35 heavy (non-hydrogen) atoms. The number of benzene rings is 3. The number of morpholine rings is 1. The Morgan fingerprint density at radius 2 is 1.63 bits per heavy atom. The summed E-state index contributed by atoms with van der Waals surface area (Å²) in [7, 11) is 0. The number of rotatable bonds is 5. The molecule has 0 unspecified atom stereocenters. The lowest BCUT2D eigenvalue weighted by Crippen LogP contribution is -2.36. The second-order valence-electron chi connectivity index (χ2n) is 8.95. The molecule has 1 fully saturated rings. The number of hydrogen-bond acceptors (Lipinski definition) is 2. The lowest BCUT2D eigenvalue weighted by molar-refractivity contribution is 0.122. The Kier molecular flexibility index (Phi) is 6.43. The first-order valence-corrected chi connectivity index (χ1v) is 12.2. The van der Waals surface area contributed by atoms with E-state index < -0.39 is 0 Å². The first-order chi connectivity index (χ1) is 17.1. The van der Waals surface area contributed by atoms with Crippen LogP contribution in [0.15, 0.2) is 79.4 Å². The molecule has 1 aliphatic rings. The highest BCUT2D eigenvalue weighted by atomic mass is 16.5. The molecule has 0 atom stereocenters. The van der Waals surface area contributed by atoms with Gasteiger partial charge in [0.05, 0.1) is 24.3 Å². The maximum absolute atomic E-state index is 5.53. The predicted octanol–water partition coefficient (Wildman–Crippen LogP) is 5.85. The average molecular weight is 461 g/mol. The fourth-order valence-corrected chi connectivity index (χ4v) is 5.08. The van der Waals surface area contributed by atoms with E-state index in [1.54, 1.807) is 0 Å². The first kappa shape index (κ1) is 22.9. The van der Waals surface area contributed by atoms with Crippen LogP contribution >= 0.6 is 0 Å². The van der Waals surface area contributed by atoms with Gasteiger partial charge in [-0.25, -0.2) is 0 Å². The van der Waals surface area contributed by atoms with Crippen LogP contribution in [-0.2, 0) is 4.74 Å². The van der Waals surface area contributed by atoms with E-state index in [9.17, 15) is 0 Å². The second kappa shape index (κ2) is 9.81. The van der Waals surface area contributed by atoms with Gasteiger partial charge < -0.3 is 14.2 Å². The largest absolute Gasteiger partial charge is 0.378 e. The number of aromatic nitrogens is 1. The van der Waals surface area contributed by atoms with Crippen LogP contribution in [0.5, 0.6) is 0 Å². The summed E-state index contributed by atoms with van der Waals surface area (Å²) < 4.78 is 7.88. The number of fused-ring (bicyclic) bond motifs is 1. The molecule has 4 aromatic rings. The molecule has 0 spiro atoms. The van der Waals surface area contributed by atoms with E-state index in [2.05, 4.69) is 108 Å². The number of hydrogen-bond donors (Lipinski definition) is 0. The van der Waals surface area contributed by atoms with Gasteiger partial charge in [-0.2, -0.15) is 0 Å². The molecule has 0 aliphatic carbocycles. The van der Waals surface area contributed by atoms with Crippen LogP contribution in [0.25, 0.3) is 46.4 Å². The Labute approximate surface area is 207 Å². The highest BCUT2D eigenvalue weighted by Gasteiger charge is 2.20. The van der Waals surface area contributed by atoms with Crippen molar-refractivity contribution in [3.8, 4) is 16.9 Å². The molecular formula is C32H32N2O. The molecule has 1 saturated heterocycles. The standard InChI is InChI=1S/C32H32N2O/c1-5-7-12-30-24(4)28(6-2)32(31-23(3)13-14-25-10-8-9-11-29(25)31)34(30)27-17-15-26(16-18-27)33-19-21-35-22-20-33/h5-18H,2,4,19-22H2,1,3H3/b7-5-,30-12+. The van der Waals surface area contributed by atoms with Crippen LogP contribution in [0, 0.1) is 6.92 Å². The molecule has 176 valence electrons. The molecule has 3 heteroatoms. The molecule has 0 radical (unpaired) electrons. The highest BCUT2D eigenvalue weighted by Crippen LogP contribution is 2.35. The molecule has 0 amide bonds. The Hall–Kier alpha value is -3.82. The van der Waals surface area contributed by atoms with Crippen molar-refractivity contribution in [1.29, 1.82) is 0 Å². The third kappa shape index (κ3) is 4.13. The van der Waals surface area contributed by atoms with E-state index in [0.717, 1.165) is 53.8 Å². The lowest BCUT2D eigenvalue weighted by Gasteiger charge is -2.29. The second-order valence-corrected chi connectivity index (χ2v) is 8.95. The number of ether oxygens (including phenoxy) is 1. The highest BCUT2D eigenvalue weighted by molar-refractivity contribution is 5.99. The summed E-state index contributed by atoms with van der Waals surface area (Å²) >= 11 is 0. The molecule has 5 rings (SSSR count). The van der Waals surface area contributed by atoms with Gasteiger partial charge in [0.1, 0.15) is 0 Å². The molecule has 0 bridgehead atoms. The molecule has 3 aromatic carbocycles. The average Bonchev–Trinajstić information content (AvgIpc) is 3.18. The van der Waals surface area contributed by atoms with E-state index in [-0.39, 0.29) is 0 Å². The van der Waals surface area contributed by atoms with Crippen molar-refractivity contribution in [3.63, 3.8) is 0 Å². The Morgan fingerprint density at radius 1 is 0.914 bits per heavy atom. The van der Waals surface area contributed by atoms with Crippen molar-refractivity contribution in [2.24, 2.45) is 0 Å². The van der Waals surface area contributed by atoms with Crippen molar-refractivity contribution in [2.75, 3.05) is 31.2 Å². The van der Waals surface area contributed by atoms with Crippen molar-refractivity contribution in [2.45, 2.75) is 13.8 Å². The molecular weight excluding hydrogens is 428 g/mol. The van der Waals surface area contributed by atoms with Gasteiger partial charge in [-0.15, -0.1) is 0 Å². The van der Waals surface area contributed by atoms with Crippen LogP contribution in [0.1, 0.15) is 18.1 Å². The monoisotopic (exact) mass is 460 g/mol. The van der Waals surface area contributed by atoms with Crippen molar-refractivity contribution in [3.05, 3.63) is 101 Å². The summed E-state index contributed by atoms with van der Waals surface area (Å²) in [5, 5.41) is 4.51. The fourth-order valence-electron chi connectivity index (χ4n) is 5.08. The Balaban J connectivity index is 1.81. The van der Waals surface area contributed by atoms with E-state index in [0.29, 0.717) is 0 Å². The summed E-state index contributed by atoms with van der Waals surface area (Å²) in [6, 6.07) is 21.9. The minimum Gasteiger partial charge on any atom is -0.378 e. The van der Waals surface area contributed by atoms with Gasteiger partial charge in [0.15, 0.2) is 0 Å². The molecule has 0 saturated carbocycles. The smallest absolute Gasteiger partial charge is 0.0642 e. The van der Waals surface area contributed by atoms with E-state index >= 15 is 0 Å². The normalized spacial score (nSPS) is 14.8. The summed E-state index contributed by atoms with van der Waals surface area (Å²) in [5.41, 5.74) is 6.99. The minimum absolute atomic E-state index is 0.778. The van der Waals surface area contributed by atoms with Crippen molar-refractivity contribution < 1.29 is 4.74 Å². The summed E-state index contributed by atoms with van der Waals surface area (Å²) in [6.45, 7) is 16.3. The van der Waals surface area contributed by atoms with E-state index in [1.807, 2.05) is 13.0 Å². The van der Waals surface area contributed by atoms with Crippen LogP contribution in [0.2, 0.25) is 0 Å². The third-order valence-corrected chi connectivity index (χ3v) is 6.86. The van der Waals surface area contributed by atoms with Gasteiger partial charge >= 0.3 is 0 Å². The topological polar surface area (TPSA) is 17.4 Å². The van der Waals surface area contributed by atoms with Gasteiger partial charge in [-0.1, -0.05) is 67.8 Å². The van der Waals surface area contributed by atoms with Gasteiger partial charge in [0.2, 0.25) is 0 Å². The van der Waals surface area contributed by atoms with Gasteiger partial charge in [-0.3, -0.25) is 0 Å². The summed E-state index contributed by atoms with van der Waals surface area (Å²) in [6.07, 6.45) is 8.23. The third-order valence-electron chi connectivity index (χ3n) is 6.86. The number of nitrogens with zero attached hydrogens (tertiary/aromatic N) is 2. The fraction of sp³-hybridized carbons (Fsp3) is 0.188. The molecule has 1 aliphatic heterocycles. The number of allylic oxidation sites excluding steroid dienone is 2. The Bertz CT molecular complexity index is 1520. The maximum Gasteiger partial charge on any atom is 0.0642 e. The van der Waals surface area contributed by atoms with Gasteiger partial charge in [0.25, 0.3) is 0 Å². The lowest BCUT2D eigenvalue weighted by atomic mass is 9.95. The van der Waals surface area contributed by atoms with E-state index in [4.69, 9.17) is 4.74 Å². The van der Waals surface area contributed by atoms with Crippen LogP contribution < -0.4 is 15.5 Å². The van der Waals surface area contributed by atoms with Gasteiger partial charge in [0, 0.05) is 40.8 Å². The summed E-state index contributed by atoms with van der Waals surface area (Å²) in [4.78, 5) is 2.38. The van der Waals surface area contributed by atoms with Gasteiger partial charge in [-0.05, 0) is 60.5 Å². The first-order valence-electron chi connectivity index (χ1n) is 12.2. The molecule has 0 N–H and O–H groups in total. The van der Waals surface area contributed by atoms with Crippen molar-refractivity contribution in [1.82, 2.24) is 4.57 Å². The molecule has 2 heterocycles. The number of aryl methyl sites for hydroxylation is 1. The minimum atomic E-state index is 0.778. The van der Waals surface area contributed by atoms with E-state index in [1.165, 1.54) is 27.6 Å². The zero-order chi connectivity index (χ0) is 24.4. The number of anilines is 1. The zero-order valence-electron chi connectivity index (χ0n) is 20.6. The quantitative estimate of drug-likeness (QED) is 0.372. The maximum atomic E-state index is 5.53. The summed E-state index contributed by atoms with van der Waals surface area (Å²) in [5.74, 6) is 0.